The van der Waals surface area contributed by atoms with Crippen LogP contribution in [0.1, 0.15) is 23.2 Å². The highest BCUT2D eigenvalue weighted by Gasteiger charge is 2.26. The maximum atomic E-state index is 14.1. The summed E-state index contributed by atoms with van der Waals surface area (Å²) in [5.74, 6) is -2.31. The van der Waals surface area contributed by atoms with Crippen LogP contribution in [0.4, 0.5) is 14.5 Å². The van der Waals surface area contributed by atoms with E-state index in [0.717, 1.165) is 25.0 Å². The number of carbonyl (C=O) groups is 1. The first-order chi connectivity index (χ1) is 16.0. The van der Waals surface area contributed by atoms with Gasteiger partial charge in [0, 0.05) is 31.6 Å². The zero-order chi connectivity index (χ0) is 22.9. The summed E-state index contributed by atoms with van der Waals surface area (Å²) in [5, 5.41) is 6.86. The fourth-order valence-electron chi connectivity index (χ4n) is 3.98. The molecule has 9 heteroatoms. The Balaban J connectivity index is 1.60. The Morgan fingerprint density at radius 1 is 1.15 bits per heavy atom. The summed E-state index contributed by atoms with van der Waals surface area (Å²) >= 11 is 0. The van der Waals surface area contributed by atoms with Gasteiger partial charge in [0.05, 0.1) is 28.6 Å². The quantitative estimate of drug-likeness (QED) is 0.501. The van der Waals surface area contributed by atoms with Crippen molar-refractivity contribution < 1.29 is 18.3 Å². The molecule has 0 unspecified atom stereocenters. The molecule has 5 rings (SSSR count). The Labute approximate surface area is 187 Å². The number of rotatable bonds is 5. The molecule has 0 saturated carbocycles. The fourth-order valence-corrected chi connectivity index (χ4v) is 3.98. The summed E-state index contributed by atoms with van der Waals surface area (Å²) in [6, 6.07) is 11.7. The van der Waals surface area contributed by atoms with E-state index >= 15 is 0 Å². The summed E-state index contributed by atoms with van der Waals surface area (Å²) in [6.45, 7) is 1.13. The first-order valence-corrected chi connectivity index (χ1v) is 10.6. The highest BCUT2D eigenvalue weighted by Crippen LogP contribution is 2.25. The lowest BCUT2D eigenvalue weighted by Gasteiger charge is -2.16. The molecule has 1 fully saturated rings. The molecule has 1 N–H and O–H groups in total. The SMILES string of the molecule is O=C(Nc1ccc(F)cc1F)c1cn(C[C@@H]2CCCO2)cc2c(=O)n(-c3ccccc3)nc1-2. The molecule has 2 aromatic carbocycles. The van der Waals surface area contributed by atoms with Crippen LogP contribution in [0.25, 0.3) is 16.9 Å². The normalized spacial score (nSPS) is 15.8. The van der Waals surface area contributed by atoms with Crippen LogP contribution in [-0.4, -0.2) is 33.0 Å². The van der Waals surface area contributed by atoms with Crippen LogP contribution in [0.3, 0.4) is 0 Å². The molecule has 33 heavy (non-hydrogen) atoms. The second-order valence-corrected chi connectivity index (χ2v) is 7.90. The lowest BCUT2D eigenvalue weighted by Crippen LogP contribution is -2.21. The molecule has 0 aliphatic carbocycles. The standard InChI is InChI=1S/C24H20F2N4O3/c25-15-8-9-21(20(26)11-15)27-23(31)18-13-29(12-17-7-4-10-33-17)14-19-22(18)28-30(24(19)32)16-5-2-1-3-6-16/h1-3,5-6,8-9,11,13-14,17H,4,7,10,12H2,(H,27,31)/t17-/m0/s1. The van der Waals surface area contributed by atoms with Gasteiger partial charge in [0.15, 0.2) is 0 Å². The summed E-state index contributed by atoms with van der Waals surface area (Å²) in [4.78, 5) is 26.3. The monoisotopic (exact) mass is 450 g/mol. The summed E-state index contributed by atoms with van der Waals surface area (Å²) < 4.78 is 36.0. The Morgan fingerprint density at radius 3 is 2.70 bits per heavy atom. The maximum Gasteiger partial charge on any atom is 0.282 e. The molecule has 0 spiro atoms. The van der Waals surface area contributed by atoms with Gasteiger partial charge in [0.2, 0.25) is 0 Å². The highest BCUT2D eigenvalue weighted by molar-refractivity contribution is 6.08. The molecule has 2 aromatic rings. The predicted octanol–water partition coefficient (Wildman–Crippen LogP) is 3.85. The van der Waals surface area contributed by atoms with Gasteiger partial charge in [0.1, 0.15) is 17.3 Å². The van der Waals surface area contributed by atoms with Crippen LogP contribution >= 0.6 is 0 Å². The van der Waals surface area contributed by atoms with Crippen molar-refractivity contribution in [1.29, 1.82) is 0 Å². The zero-order valence-corrected chi connectivity index (χ0v) is 17.5. The number of nitrogens with zero attached hydrogens (tertiary/aromatic N) is 3. The Bertz CT molecular complexity index is 1340. The minimum Gasteiger partial charge on any atom is -0.376 e. The second kappa shape index (κ2) is 8.59. The first kappa shape index (κ1) is 21.0. The molecule has 0 aromatic heterocycles. The third-order valence-corrected chi connectivity index (χ3v) is 5.59. The van der Waals surface area contributed by atoms with Crippen LogP contribution < -0.4 is 10.9 Å². The number of nitrogens with one attached hydrogen (secondary N) is 1. The molecule has 1 saturated heterocycles. The van der Waals surface area contributed by atoms with Crippen LogP contribution in [0.5, 0.6) is 0 Å². The van der Waals surface area contributed by atoms with Gasteiger partial charge in [0.25, 0.3) is 11.5 Å². The van der Waals surface area contributed by atoms with E-state index in [2.05, 4.69) is 10.4 Å². The van der Waals surface area contributed by atoms with Crippen LogP contribution in [0.15, 0.2) is 65.7 Å². The molecule has 3 aliphatic heterocycles. The van der Waals surface area contributed by atoms with Gasteiger partial charge in [-0.15, -0.1) is 0 Å². The molecule has 1 atom stereocenters. The molecular weight excluding hydrogens is 430 g/mol. The Kier molecular flexibility index (Phi) is 5.47. The lowest BCUT2D eigenvalue weighted by molar-refractivity contribution is 0.0961. The van der Waals surface area contributed by atoms with Crippen LogP contribution in [-0.2, 0) is 11.3 Å². The van der Waals surface area contributed by atoms with Gasteiger partial charge < -0.3 is 14.6 Å². The third-order valence-electron chi connectivity index (χ3n) is 5.59. The molecule has 3 heterocycles. The van der Waals surface area contributed by atoms with Crippen molar-refractivity contribution in [3.05, 3.63) is 88.5 Å². The minimum absolute atomic E-state index is 0.0304. The number of pyridine rings is 1. The van der Waals surface area contributed by atoms with Gasteiger partial charge in [-0.2, -0.15) is 9.78 Å². The van der Waals surface area contributed by atoms with Crippen molar-refractivity contribution in [3.63, 3.8) is 0 Å². The van der Waals surface area contributed by atoms with E-state index in [1.54, 1.807) is 41.2 Å². The van der Waals surface area contributed by atoms with Crippen molar-refractivity contribution in [3.8, 4) is 16.9 Å². The fraction of sp³-hybridized carbons (Fsp3) is 0.208. The van der Waals surface area contributed by atoms with Gasteiger partial charge in [-0.05, 0) is 37.1 Å². The lowest BCUT2D eigenvalue weighted by atomic mass is 10.1. The van der Waals surface area contributed by atoms with Gasteiger partial charge in [-0.1, -0.05) is 18.2 Å². The van der Waals surface area contributed by atoms with Crippen molar-refractivity contribution in [2.45, 2.75) is 25.5 Å². The number of anilines is 1. The first-order valence-electron chi connectivity index (χ1n) is 10.6. The van der Waals surface area contributed by atoms with E-state index < -0.39 is 17.5 Å². The van der Waals surface area contributed by atoms with E-state index in [-0.39, 0.29) is 34.2 Å². The van der Waals surface area contributed by atoms with Crippen LogP contribution in [0.2, 0.25) is 0 Å². The molecule has 0 bridgehead atoms. The number of carbonyl (C=O) groups excluding carboxylic acids is 1. The third kappa shape index (κ3) is 4.14. The smallest absolute Gasteiger partial charge is 0.282 e. The largest absolute Gasteiger partial charge is 0.376 e. The van der Waals surface area contributed by atoms with E-state index in [0.29, 0.717) is 24.9 Å². The number of hydrogen-bond acceptors (Lipinski definition) is 4. The van der Waals surface area contributed by atoms with Crippen molar-refractivity contribution in [2.24, 2.45) is 0 Å². The number of fused-ring (bicyclic) bond motifs is 1. The highest BCUT2D eigenvalue weighted by atomic mass is 19.1. The van der Waals surface area contributed by atoms with Gasteiger partial charge in [-0.25, -0.2) is 8.78 Å². The maximum absolute atomic E-state index is 14.1. The number of amides is 1. The van der Waals surface area contributed by atoms with Crippen LogP contribution in [0, 0.1) is 11.6 Å². The molecule has 168 valence electrons. The second-order valence-electron chi connectivity index (χ2n) is 7.90. The van der Waals surface area contributed by atoms with Gasteiger partial charge in [-0.3, -0.25) is 9.59 Å². The zero-order valence-electron chi connectivity index (χ0n) is 17.5. The summed E-state index contributed by atoms with van der Waals surface area (Å²) in [6.07, 6.45) is 5.02. The van der Waals surface area contributed by atoms with E-state index in [4.69, 9.17) is 4.74 Å². The molecule has 0 radical (unpaired) electrons. The average molecular weight is 450 g/mol. The van der Waals surface area contributed by atoms with Crippen molar-refractivity contribution >= 4 is 11.6 Å². The predicted molar refractivity (Wildman–Crippen MR) is 118 cm³/mol. The minimum atomic E-state index is -0.901. The number of para-hydroxylation sites is 1. The number of halogens is 2. The van der Waals surface area contributed by atoms with E-state index in [1.165, 1.54) is 4.68 Å². The topological polar surface area (TPSA) is 78.2 Å². The Hall–Kier alpha value is -3.85. The number of benzene rings is 2. The van der Waals surface area contributed by atoms with E-state index in [1.807, 2.05) is 6.07 Å². The number of ether oxygens (including phenoxy) is 1. The Morgan fingerprint density at radius 2 is 1.97 bits per heavy atom. The van der Waals surface area contributed by atoms with Crippen molar-refractivity contribution in [1.82, 2.24) is 14.3 Å². The molecular formula is C24H20F2N4O3. The number of hydrogen-bond donors (Lipinski definition) is 1. The van der Waals surface area contributed by atoms with Gasteiger partial charge >= 0.3 is 0 Å². The average Bonchev–Trinajstić information content (AvgIpc) is 3.44. The van der Waals surface area contributed by atoms with E-state index in [9.17, 15) is 18.4 Å². The molecule has 1 amide bonds. The molecule has 7 nitrogen and oxygen atoms in total. The number of aromatic nitrogens is 3. The van der Waals surface area contributed by atoms with Crippen molar-refractivity contribution in [2.75, 3.05) is 11.9 Å². The summed E-state index contributed by atoms with van der Waals surface area (Å²) in [7, 11) is 0. The summed E-state index contributed by atoms with van der Waals surface area (Å²) in [5.41, 5.74) is 0.548. The molecule has 3 aliphatic rings.